The van der Waals surface area contributed by atoms with E-state index < -0.39 is 16.2 Å². The van der Waals surface area contributed by atoms with Crippen LogP contribution in [0.3, 0.4) is 0 Å². The summed E-state index contributed by atoms with van der Waals surface area (Å²) in [6.45, 7) is 6.32. The van der Waals surface area contributed by atoms with Crippen LogP contribution in [0.25, 0.3) is 0 Å². The second-order valence-corrected chi connectivity index (χ2v) is 9.20. The molecule has 148 valence electrons. The molecule has 0 heterocycles. The molecule has 1 unspecified atom stereocenters. The number of Topliss-reactive ketones (excluding diaryl/α,β-unsaturated/α-hetero) is 1. The predicted molar refractivity (Wildman–Crippen MR) is 109 cm³/mol. The quantitative estimate of drug-likeness (QED) is 0.646. The average Bonchev–Trinajstić information content (AvgIpc) is 2.65. The predicted octanol–water partition coefficient (Wildman–Crippen LogP) is 2.97. The van der Waals surface area contributed by atoms with Gasteiger partial charge in [0.05, 0.1) is 23.1 Å². The summed E-state index contributed by atoms with van der Waals surface area (Å²) >= 11 is 0. The maximum atomic E-state index is 12.9. The molecule has 0 aromatic carbocycles. The van der Waals surface area contributed by atoms with Crippen LogP contribution in [0.15, 0.2) is 34.9 Å². The summed E-state index contributed by atoms with van der Waals surface area (Å²) in [5, 5.41) is 19.0. The van der Waals surface area contributed by atoms with Crippen LogP contribution < -0.4 is 0 Å². The molecule has 1 fully saturated rings. The molecule has 3 atom stereocenters. The lowest BCUT2D eigenvalue weighted by atomic mass is 9.45. The second-order valence-electron chi connectivity index (χ2n) is 9.20. The van der Waals surface area contributed by atoms with E-state index in [2.05, 4.69) is 17.9 Å². The third kappa shape index (κ3) is 3.05. The lowest BCUT2D eigenvalue weighted by Crippen LogP contribution is -2.53. The van der Waals surface area contributed by atoms with Crippen LogP contribution in [-0.4, -0.2) is 37.1 Å². The van der Waals surface area contributed by atoms with E-state index in [0.29, 0.717) is 19.4 Å². The first-order valence-corrected chi connectivity index (χ1v) is 9.74. The van der Waals surface area contributed by atoms with Gasteiger partial charge in [-0.05, 0) is 50.6 Å². The van der Waals surface area contributed by atoms with Crippen molar-refractivity contribution in [3.05, 3.63) is 34.9 Å². The van der Waals surface area contributed by atoms with Crippen LogP contribution >= 0.6 is 0 Å². The van der Waals surface area contributed by atoms with Gasteiger partial charge in [-0.2, -0.15) is 10.5 Å². The Balaban J connectivity index is 2.26. The van der Waals surface area contributed by atoms with Gasteiger partial charge in [-0.25, -0.2) is 0 Å². The molecule has 0 aromatic heterocycles. The van der Waals surface area contributed by atoms with E-state index in [9.17, 15) is 20.1 Å². The molecule has 0 amide bonds. The number of ketones is 2. The van der Waals surface area contributed by atoms with Gasteiger partial charge < -0.3 is 0 Å². The van der Waals surface area contributed by atoms with Gasteiger partial charge in [-0.3, -0.25) is 14.5 Å². The van der Waals surface area contributed by atoms with Crippen molar-refractivity contribution in [2.75, 3.05) is 20.6 Å². The largest absolute Gasteiger partial charge is 0.299 e. The molecular formula is C24H25N3O2. The van der Waals surface area contributed by atoms with Gasteiger partial charge in [-0.1, -0.05) is 38.7 Å². The molecule has 3 aliphatic carbocycles. The smallest absolute Gasteiger partial charge is 0.196 e. The zero-order valence-corrected chi connectivity index (χ0v) is 17.6. The molecule has 5 nitrogen and oxygen atoms in total. The lowest BCUT2D eigenvalue weighted by molar-refractivity contribution is -0.130. The van der Waals surface area contributed by atoms with Crippen molar-refractivity contribution < 1.29 is 9.59 Å². The topological polar surface area (TPSA) is 85.0 Å². The summed E-state index contributed by atoms with van der Waals surface area (Å²) in [5.41, 5.74) is -1.10. The number of carbonyl (C=O) groups excluding carboxylic acids is 2. The van der Waals surface area contributed by atoms with Crippen molar-refractivity contribution in [3.63, 3.8) is 0 Å². The third-order valence-electron chi connectivity index (χ3n) is 6.64. The Morgan fingerprint density at radius 3 is 2.34 bits per heavy atom. The highest BCUT2D eigenvalue weighted by atomic mass is 16.1. The first kappa shape index (κ1) is 20.8. The maximum absolute atomic E-state index is 12.9. The van der Waals surface area contributed by atoms with Crippen molar-refractivity contribution >= 4 is 11.6 Å². The zero-order valence-electron chi connectivity index (χ0n) is 17.6. The van der Waals surface area contributed by atoms with Crippen LogP contribution in [-0.2, 0) is 9.59 Å². The molecule has 1 saturated carbocycles. The summed E-state index contributed by atoms with van der Waals surface area (Å²) in [4.78, 5) is 27.4. The fourth-order valence-electron chi connectivity index (χ4n) is 5.29. The summed E-state index contributed by atoms with van der Waals surface area (Å²) < 4.78 is 0. The van der Waals surface area contributed by atoms with Crippen molar-refractivity contribution in [2.24, 2.45) is 22.2 Å². The molecule has 0 saturated heterocycles. The van der Waals surface area contributed by atoms with E-state index in [1.807, 2.05) is 45.8 Å². The zero-order chi connectivity index (χ0) is 21.6. The summed E-state index contributed by atoms with van der Waals surface area (Å²) in [7, 11) is 3.86. The molecule has 0 bridgehead atoms. The molecular weight excluding hydrogens is 362 g/mol. The average molecular weight is 387 g/mol. The molecule has 29 heavy (non-hydrogen) atoms. The molecule has 3 aliphatic rings. The van der Waals surface area contributed by atoms with E-state index in [-0.39, 0.29) is 28.6 Å². The monoisotopic (exact) mass is 387 g/mol. The van der Waals surface area contributed by atoms with Crippen molar-refractivity contribution in [1.82, 2.24) is 4.90 Å². The van der Waals surface area contributed by atoms with Crippen LogP contribution in [0.4, 0.5) is 0 Å². The first-order valence-electron chi connectivity index (χ1n) is 9.74. The Hall–Kier alpha value is -2.94. The molecule has 0 N–H and O–H groups in total. The molecule has 0 aromatic rings. The minimum Gasteiger partial charge on any atom is -0.299 e. The third-order valence-corrected chi connectivity index (χ3v) is 6.64. The second kappa shape index (κ2) is 6.84. The number of fused-ring (bicyclic) bond motifs is 3. The van der Waals surface area contributed by atoms with E-state index in [0.717, 1.165) is 5.57 Å². The summed E-state index contributed by atoms with van der Waals surface area (Å²) in [6, 6.07) is 4.06. The summed E-state index contributed by atoms with van der Waals surface area (Å²) in [5.74, 6) is 5.99. The first-order chi connectivity index (χ1) is 13.5. The molecule has 0 spiro atoms. The number of hydrogen-bond donors (Lipinski definition) is 0. The van der Waals surface area contributed by atoms with Crippen LogP contribution in [0.5, 0.6) is 0 Å². The van der Waals surface area contributed by atoms with Crippen molar-refractivity contribution in [1.29, 1.82) is 10.5 Å². The number of hydrogen-bond acceptors (Lipinski definition) is 5. The minimum atomic E-state index is -0.742. The maximum Gasteiger partial charge on any atom is 0.196 e. The van der Waals surface area contributed by atoms with Gasteiger partial charge in [0.2, 0.25) is 0 Å². The number of rotatable bonds is 1. The molecule has 5 heteroatoms. The van der Waals surface area contributed by atoms with Gasteiger partial charge in [0, 0.05) is 10.8 Å². The lowest BCUT2D eigenvalue weighted by Gasteiger charge is -2.56. The van der Waals surface area contributed by atoms with Gasteiger partial charge in [-0.15, -0.1) is 0 Å². The fourth-order valence-corrected chi connectivity index (χ4v) is 5.29. The Bertz CT molecular complexity index is 1030. The van der Waals surface area contributed by atoms with E-state index in [1.165, 1.54) is 6.08 Å². The SMILES string of the molecule is CN(C)CC#C[C@]12C=C(C#N)C(=O)C=C1[C@@]1(C)C=C(C#N)C(=O)C(C)(C)C1CC2. The number of nitriles is 2. The normalized spacial score (nSPS) is 32.4. The Morgan fingerprint density at radius 1 is 1.10 bits per heavy atom. The standard InChI is InChI=1S/C24H25N3O2/c1-22(2)19-7-9-24(8-6-10-27(4)5)13-16(14-25)18(28)11-20(24)23(19,3)12-17(15-26)21(22)29/h11-13,19H,7,9-10H2,1-5H3/t19?,23-,24-/m0/s1. The number of carbonyl (C=O) groups is 2. The van der Waals surface area contributed by atoms with Crippen LogP contribution in [0.1, 0.15) is 33.6 Å². The van der Waals surface area contributed by atoms with E-state index in [1.54, 1.807) is 12.2 Å². The fraction of sp³-hybridized carbons (Fsp3) is 0.500. The highest BCUT2D eigenvalue weighted by molar-refractivity contribution is 6.09. The van der Waals surface area contributed by atoms with Crippen molar-refractivity contribution in [2.45, 2.75) is 33.6 Å². The van der Waals surface area contributed by atoms with Gasteiger partial charge in [0.25, 0.3) is 0 Å². The molecule has 0 aliphatic heterocycles. The van der Waals surface area contributed by atoms with Gasteiger partial charge in [0.1, 0.15) is 12.1 Å². The molecule has 3 rings (SSSR count). The van der Waals surface area contributed by atoms with Crippen LogP contribution in [0.2, 0.25) is 0 Å². The van der Waals surface area contributed by atoms with Gasteiger partial charge >= 0.3 is 0 Å². The summed E-state index contributed by atoms with van der Waals surface area (Å²) in [6.07, 6.45) is 6.31. The number of allylic oxidation sites excluding steroid dienone is 6. The van der Waals surface area contributed by atoms with E-state index in [4.69, 9.17) is 0 Å². The number of nitrogens with zero attached hydrogens (tertiary/aromatic N) is 3. The minimum absolute atomic E-state index is 0.0561. The highest BCUT2D eigenvalue weighted by Gasteiger charge is 2.59. The van der Waals surface area contributed by atoms with Crippen LogP contribution in [0, 0.1) is 56.7 Å². The van der Waals surface area contributed by atoms with E-state index >= 15 is 0 Å². The van der Waals surface area contributed by atoms with Gasteiger partial charge in [0.15, 0.2) is 11.6 Å². The Morgan fingerprint density at radius 2 is 1.76 bits per heavy atom. The molecule has 0 radical (unpaired) electrons. The van der Waals surface area contributed by atoms with Crippen molar-refractivity contribution in [3.8, 4) is 24.0 Å². The Labute approximate surface area is 172 Å². The highest BCUT2D eigenvalue weighted by Crippen LogP contribution is 2.63. The Kier molecular flexibility index (Phi) is 4.90.